The maximum atomic E-state index is 13.7. The first-order valence-corrected chi connectivity index (χ1v) is 7.34. The molecule has 2 heterocycles. The molecule has 2 amide bonds. The average Bonchev–Trinajstić information content (AvgIpc) is 3.16. The van der Waals surface area contributed by atoms with E-state index in [0.29, 0.717) is 4.88 Å². The number of thiophene rings is 1. The molecule has 0 spiro atoms. The third-order valence-electron chi connectivity index (χ3n) is 3.00. The number of anilines is 1. The minimum absolute atomic E-state index is 0.0716. The van der Waals surface area contributed by atoms with Crippen molar-refractivity contribution in [2.75, 3.05) is 5.32 Å². The van der Waals surface area contributed by atoms with Gasteiger partial charge in [-0.05, 0) is 18.2 Å². The van der Waals surface area contributed by atoms with Crippen molar-refractivity contribution in [3.63, 3.8) is 0 Å². The van der Waals surface area contributed by atoms with Crippen molar-refractivity contribution in [3.8, 4) is 11.3 Å². The lowest BCUT2D eigenvalue weighted by molar-refractivity contribution is 0.100. The number of hydrogen-bond acceptors (Lipinski definition) is 5. The second-order valence-corrected chi connectivity index (χ2v) is 5.49. The number of carbonyl (C=O) groups is 2. The molecule has 6 nitrogen and oxygen atoms in total. The van der Waals surface area contributed by atoms with E-state index in [1.165, 1.54) is 23.6 Å². The fourth-order valence-corrected chi connectivity index (χ4v) is 2.68. The molecule has 0 aliphatic heterocycles. The van der Waals surface area contributed by atoms with Gasteiger partial charge in [0, 0.05) is 17.0 Å². The topological polar surface area (TPSA) is 98.2 Å². The summed E-state index contributed by atoms with van der Waals surface area (Å²) < 4.78 is 18.7. The van der Waals surface area contributed by atoms with E-state index >= 15 is 0 Å². The molecular weight excluding hydrogens is 321 g/mol. The third kappa shape index (κ3) is 3.11. The fraction of sp³-hybridized carbons (Fsp3) is 0. The van der Waals surface area contributed by atoms with Crippen molar-refractivity contribution >= 4 is 29.0 Å². The molecule has 0 bridgehead atoms. The number of nitrogens with two attached hydrogens (primary N) is 1. The maximum absolute atomic E-state index is 13.7. The largest absolute Gasteiger partial charge is 0.366 e. The molecule has 0 atom stereocenters. The van der Waals surface area contributed by atoms with Crippen LogP contribution >= 0.6 is 11.3 Å². The van der Waals surface area contributed by atoms with Crippen LogP contribution < -0.4 is 11.1 Å². The number of hydrogen-bond donors (Lipinski definition) is 2. The lowest BCUT2D eigenvalue weighted by Crippen LogP contribution is -2.11. The molecule has 23 heavy (non-hydrogen) atoms. The monoisotopic (exact) mass is 331 g/mol. The highest BCUT2D eigenvalue weighted by Gasteiger charge is 2.15. The lowest BCUT2D eigenvalue weighted by Gasteiger charge is -1.97. The van der Waals surface area contributed by atoms with E-state index in [0.717, 1.165) is 11.3 Å². The molecule has 0 saturated heterocycles. The summed E-state index contributed by atoms with van der Waals surface area (Å²) in [5.74, 6) is -1.45. The zero-order valence-electron chi connectivity index (χ0n) is 11.6. The van der Waals surface area contributed by atoms with Crippen LogP contribution in [0, 0.1) is 5.82 Å². The fourth-order valence-electron chi connectivity index (χ4n) is 1.89. The normalized spacial score (nSPS) is 10.5. The molecule has 0 radical (unpaired) electrons. The van der Waals surface area contributed by atoms with Crippen LogP contribution in [0.15, 0.2) is 46.3 Å². The number of rotatable bonds is 4. The number of nitrogens with zero attached hydrogens (tertiary/aromatic N) is 1. The summed E-state index contributed by atoms with van der Waals surface area (Å²) in [6.07, 6.45) is 0. The van der Waals surface area contributed by atoms with Crippen LogP contribution in [0.3, 0.4) is 0 Å². The Morgan fingerprint density at radius 1 is 1.26 bits per heavy atom. The van der Waals surface area contributed by atoms with Crippen molar-refractivity contribution in [2.45, 2.75) is 0 Å². The van der Waals surface area contributed by atoms with Gasteiger partial charge in [0.05, 0.1) is 10.4 Å². The van der Waals surface area contributed by atoms with Crippen molar-refractivity contribution in [2.24, 2.45) is 5.73 Å². The van der Waals surface area contributed by atoms with E-state index in [2.05, 4.69) is 10.5 Å². The summed E-state index contributed by atoms with van der Waals surface area (Å²) in [5, 5.41) is 7.70. The van der Waals surface area contributed by atoms with Gasteiger partial charge in [0.25, 0.3) is 5.91 Å². The van der Waals surface area contributed by atoms with Gasteiger partial charge in [-0.1, -0.05) is 17.3 Å². The number of aromatic nitrogens is 1. The van der Waals surface area contributed by atoms with E-state index in [-0.39, 0.29) is 22.7 Å². The Balaban J connectivity index is 1.77. The smallest absolute Gasteiger partial charge is 0.268 e. The molecule has 3 N–H and O–H groups in total. The minimum atomic E-state index is -0.609. The number of benzene rings is 1. The SMILES string of the molecule is NC(=O)c1csc(C(=O)Nc2cc(-c3ccccc3F)no2)c1. The summed E-state index contributed by atoms with van der Waals surface area (Å²) in [5.41, 5.74) is 5.92. The molecule has 0 aliphatic rings. The first-order valence-electron chi connectivity index (χ1n) is 6.46. The van der Waals surface area contributed by atoms with Crippen LogP contribution in [-0.2, 0) is 0 Å². The number of halogens is 1. The van der Waals surface area contributed by atoms with E-state index in [1.54, 1.807) is 18.2 Å². The van der Waals surface area contributed by atoms with Gasteiger partial charge < -0.3 is 10.3 Å². The molecule has 0 saturated carbocycles. The van der Waals surface area contributed by atoms with Crippen LogP contribution in [0.1, 0.15) is 20.0 Å². The van der Waals surface area contributed by atoms with E-state index < -0.39 is 17.6 Å². The first-order chi connectivity index (χ1) is 11.0. The summed E-state index contributed by atoms with van der Waals surface area (Å²) >= 11 is 1.08. The van der Waals surface area contributed by atoms with Crippen molar-refractivity contribution in [1.29, 1.82) is 0 Å². The zero-order valence-corrected chi connectivity index (χ0v) is 12.4. The van der Waals surface area contributed by atoms with Crippen molar-refractivity contribution < 1.29 is 18.5 Å². The van der Waals surface area contributed by atoms with Crippen LogP contribution in [0.5, 0.6) is 0 Å². The quantitative estimate of drug-likeness (QED) is 0.768. The van der Waals surface area contributed by atoms with Crippen LogP contribution in [0.4, 0.5) is 10.3 Å². The van der Waals surface area contributed by atoms with Gasteiger partial charge in [0.2, 0.25) is 11.8 Å². The summed E-state index contributed by atoms with van der Waals surface area (Å²) in [4.78, 5) is 23.4. The Morgan fingerprint density at radius 2 is 2.04 bits per heavy atom. The third-order valence-corrected chi connectivity index (χ3v) is 3.93. The summed E-state index contributed by atoms with van der Waals surface area (Å²) in [6, 6.07) is 8.89. The molecular formula is C15H10FN3O3S. The highest BCUT2D eigenvalue weighted by molar-refractivity contribution is 7.12. The summed E-state index contributed by atoms with van der Waals surface area (Å²) in [7, 11) is 0. The highest BCUT2D eigenvalue weighted by atomic mass is 32.1. The maximum Gasteiger partial charge on any atom is 0.268 e. The van der Waals surface area contributed by atoms with Gasteiger partial charge in [-0.25, -0.2) is 4.39 Å². The second-order valence-electron chi connectivity index (χ2n) is 4.57. The molecule has 8 heteroatoms. The van der Waals surface area contributed by atoms with Gasteiger partial charge >= 0.3 is 0 Å². The van der Waals surface area contributed by atoms with Crippen molar-refractivity contribution in [1.82, 2.24) is 5.16 Å². The van der Waals surface area contributed by atoms with Crippen LogP contribution in [-0.4, -0.2) is 17.0 Å². The Bertz CT molecular complexity index is 887. The standard InChI is InChI=1S/C15H10FN3O3S/c16-10-4-2-1-3-9(10)11-6-13(22-19-11)18-15(21)12-5-8(7-23-12)14(17)20/h1-7H,(H2,17,20)(H,18,21). The van der Waals surface area contributed by atoms with Gasteiger partial charge in [-0.3, -0.25) is 14.9 Å². The molecule has 0 unspecified atom stereocenters. The molecule has 0 aliphatic carbocycles. The molecule has 116 valence electrons. The second kappa shape index (κ2) is 6.01. The predicted molar refractivity (Wildman–Crippen MR) is 82.7 cm³/mol. The van der Waals surface area contributed by atoms with Gasteiger partial charge in [0.15, 0.2) is 0 Å². The van der Waals surface area contributed by atoms with E-state index in [1.807, 2.05) is 0 Å². The average molecular weight is 331 g/mol. The number of nitrogens with one attached hydrogen (secondary N) is 1. The Kier molecular flexibility index (Phi) is 3.90. The predicted octanol–water partition coefficient (Wildman–Crippen LogP) is 2.89. The summed E-state index contributed by atoms with van der Waals surface area (Å²) in [6.45, 7) is 0. The zero-order chi connectivity index (χ0) is 16.4. The minimum Gasteiger partial charge on any atom is -0.366 e. The van der Waals surface area contributed by atoms with Gasteiger partial charge in [0.1, 0.15) is 11.5 Å². The van der Waals surface area contributed by atoms with Crippen molar-refractivity contribution in [3.05, 3.63) is 58.0 Å². The highest BCUT2D eigenvalue weighted by Crippen LogP contribution is 2.25. The van der Waals surface area contributed by atoms with Crippen LogP contribution in [0.2, 0.25) is 0 Å². The molecule has 0 fully saturated rings. The number of carbonyl (C=O) groups excluding carboxylic acids is 2. The molecule has 2 aromatic heterocycles. The van der Waals surface area contributed by atoms with Gasteiger partial charge in [-0.15, -0.1) is 11.3 Å². The first kappa shape index (κ1) is 14.9. The lowest BCUT2D eigenvalue weighted by atomic mass is 10.1. The molecule has 3 aromatic rings. The van der Waals surface area contributed by atoms with E-state index in [9.17, 15) is 14.0 Å². The van der Waals surface area contributed by atoms with Gasteiger partial charge in [-0.2, -0.15) is 0 Å². The molecule has 1 aromatic carbocycles. The number of amides is 2. The molecule has 3 rings (SSSR count). The van der Waals surface area contributed by atoms with Crippen LogP contribution in [0.25, 0.3) is 11.3 Å². The Morgan fingerprint density at radius 3 is 2.74 bits per heavy atom. The Labute approximate surface area is 133 Å². The number of primary amides is 1. The Hall–Kier alpha value is -3.00. The van der Waals surface area contributed by atoms with E-state index in [4.69, 9.17) is 10.3 Å².